The summed E-state index contributed by atoms with van der Waals surface area (Å²) in [7, 11) is 0. The molecule has 0 saturated carbocycles. The standard InChI is InChI=1S/C11H11F3N6/c12-11(13,14)10-18-17-8-6-19(4-5-20(8)10)7-2-1-3-16-9(7)15/h1-3H,4-6H2,(H2,15,16). The molecule has 0 unspecified atom stereocenters. The number of pyridine rings is 1. The fourth-order valence-electron chi connectivity index (χ4n) is 2.25. The van der Waals surface area contributed by atoms with Gasteiger partial charge in [-0.15, -0.1) is 10.2 Å². The molecule has 0 bridgehead atoms. The van der Waals surface area contributed by atoms with Gasteiger partial charge in [0.2, 0.25) is 5.82 Å². The van der Waals surface area contributed by atoms with Gasteiger partial charge in [0.05, 0.1) is 12.2 Å². The molecule has 20 heavy (non-hydrogen) atoms. The number of hydrogen-bond acceptors (Lipinski definition) is 5. The Balaban J connectivity index is 1.91. The molecule has 0 aliphatic carbocycles. The van der Waals surface area contributed by atoms with Gasteiger partial charge in [-0.25, -0.2) is 4.98 Å². The van der Waals surface area contributed by atoms with E-state index in [1.54, 1.807) is 18.3 Å². The van der Waals surface area contributed by atoms with Crippen LogP contribution >= 0.6 is 0 Å². The molecule has 2 aromatic rings. The maximum atomic E-state index is 12.7. The Morgan fingerprint density at radius 1 is 1.20 bits per heavy atom. The summed E-state index contributed by atoms with van der Waals surface area (Å²) in [5.74, 6) is -0.338. The molecule has 0 amide bonds. The highest BCUT2D eigenvalue weighted by Crippen LogP contribution is 2.31. The van der Waals surface area contributed by atoms with E-state index in [-0.39, 0.29) is 18.9 Å². The minimum absolute atomic E-state index is 0.158. The van der Waals surface area contributed by atoms with Gasteiger partial charge in [0.15, 0.2) is 5.82 Å². The Morgan fingerprint density at radius 2 is 2.00 bits per heavy atom. The van der Waals surface area contributed by atoms with Crippen LogP contribution in [-0.4, -0.2) is 26.3 Å². The molecule has 106 valence electrons. The summed E-state index contributed by atoms with van der Waals surface area (Å²) in [6.45, 7) is 0.772. The molecule has 0 spiro atoms. The first kappa shape index (κ1) is 12.7. The number of anilines is 2. The van der Waals surface area contributed by atoms with Crippen LogP contribution in [0.5, 0.6) is 0 Å². The largest absolute Gasteiger partial charge is 0.451 e. The second-order valence-corrected chi connectivity index (χ2v) is 4.42. The van der Waals surface area contributed by atoms with Gasteiger partial charge in [-0.2, -0.15) is 13.2 Å². The molecule has 6 nitrogen and oxygen atoms in total. The summed E-state index contributed by atoms with van der Waals surface area (Å²) >= 11 is 0. The van der Waals surface area contributed by atoms with Gasteiger partial charge in [0.1, 0.15) is 5.82 Å². The topological polar surface area (TPSA) is 72.9 Å². The summed E-state index contributed by atoms with van der Waals surface area (Å²) in [4.78, 5) is 5.81. The lowest BCUT2D eigenvalue weighted by atomic mass is 10.3. The van der Waals surface area contributed by atoms with Crippen LogP contribution in [0.4, 0.5) is 24.7 Å². The Bertz CT molecular complexity index is 635. The predicted molar refractivity (Wildman–Crippen MR) is 64.7 cm³/mol. The Labute approximate surface area is 112 Å². The van der Waals surface area contributed by atoms with Crippen molar-refractivity contribution >= 4 is 11.5 Å². The first-order valence-electron chi connectivity index (χ1n) is 5.91. The number of hydrogen-bond donors (Lipinski definition) is 1. The number of nitrogens with two attached hydrogens (primary N) is 1. The SMILES string of the molecule is Nc1ncccc1N1CCn2c(nnc2C(F)(F)F)C1. The zero-order valence-electron chi connectivity index (χ0n) is 10.3. The normalized spacial score (nSPS) is 15.2. The summed E-state index contributed by atoms with van der Waals surface area (Å²) in [6.07, 6.45) is -2.92. The van der Waals surface area contributed by atoms with Crippen LogP contribution in [0.1, 0.15) is 11.6 Å². The monoisotopic (exact) mass is 284 g/mol. The van der Waals surface area contributed by atoms with Gasteiger partial charge in [0.25, 0.3) is 0 Å². The quantitative estimate of drug-likeness (QED) is 0.854. The molecular formula is C11H11F3N6. The molecule has 0 aromatic carbocycles. The molecule has 3 heterocycles. The lowest BCUT2D eigenvalue weighted by Crippen LogP contribution is -2.35. The van der Waals surface area contributed by atoms with E-state index in [4.69, 9.17) is 5.73 Å². The predicted octanol–water partition coefficient (Wildman–Crippen LogP) is 1.29. The molecule has 0 saturated heterocycles. The molecular weight excluding hydrogens is 273 g/mol. The third kappa shape index (κ3) is 2.04. The third-order valence-electron chi connectivity index (χ3n) is 3.16. The van der Waals surface area contributed by atoms with E-state index in [1.165, 1.54) is 0 Å². The molecule has 2 N–H and O–H groups in total. The van der Waals surface area contributed by atoms with E-state index in [0.29, 0.717) is 18.1 Å². The summed E-state index contributed by atoms with van der Waals surface area (Å²) in [6, 6.07) is 3.51. The zero-order chi connectivity index (χ0) is 14.3. The fraction of sp³-hybridized carbons (Fsp3) is 0.364. The number of halogens is 3. The summed E-state index contributed by atoms with van der Waals surface area (Å²) in [5.41, 5.74) is 6.46. The van der Waals surface area contributed by atoms with Gasteiger partial charge in [-0.1, -0.05) is 0 Å². The van der Waals surface area contributed by atoms with E-state index in [0.717, 1.165) is 4.57 Å². The lowest BCUT2D eigenvalue weighted by Gasteiger charge is -2.30. The van der Waals surface area contributed by atoms with Crippen LogP contribution in [0.15, 0.2) is 18.3 Å². The van der Waals surface area contributed by atoms with Crippen molar-refractivity contribution in [1.29, 1.82) is 0 Å². The van der Waals surface area contributed by atoms with E-state index in [9.17, 15) is 13.2 Å². The average molecular weight is 284 g/mol. The number of aromatic nitrogens is 4. The molecule has 2 aromatic heterocycles. The van der Waals surface area contributed by atoms with Crippen LogP contribution < -0.4 is 10.6 Å². The minimum Gasteiger partial charge on any atom is -0.382 e. The van der Waals surface area contributed by atoms with Crippen LogP contribution in [0.3, 0.4) is 0 Å². The van der Waals surface area contributed by atoms with Gasteiger partial charge in [-0.3, -0.25) is 0 Å². The number of alkyl halides is 3. The van der Waals surface area contributed by atoms with Crippen LogP contribution in [0.25, 0.3) is 0 Å². The average Bonchev–Trinajstić information content (AvgIpc) is 2.82. The number of nitrogen functional groups attached to an aromatic ring is 1. The van der Waals surface area contributed by atoms with E-state index >= 15 is 0 Å². The van der Waals surface area contributed by atoms with Gasteiger partial charge in [-0.05, 0) is 12.1 Å². The van der Waals surface area contributed by atoms with Crippen molar-refractivity contribution in [2.24, 2.45) is 0 Å². The number of fused-ring (bicyclic) bond motifs is 1. The first-order valence-corrected chi connectivity index (χ1v) is 5.91. The van der Waals surface area contributed by atoms with Crippen molar-refractivity contribution in [2.75, 3.05) is 17.2 Å². The maximum Gasteiger partial charge on any atom is 0.451 e. The lowest BCUT2D eigenvalue weighted by molar-refractivity contribution is -0.147. The van der Waals surface area contributed by atoms with E-state index in [2.05, 4.69) is 15.2 Å². The molecule has 1 aliphatic heterocycles. The minimum atomic E-state index is -4.49. The highest BCUT2D eigenvalue weighted by atomic mass is 19.4. The summed E-state index contributed by atoms with van der Waals surface area (Å²) < 4.78 is 39.3. The number of rotatable bonds is 1. The molecule has 0 radical (unpaired) electrons. The molecule has 3 rings (SSSR count). The highest BCUT2D eigenvalue weighted by molar-refractivity contribution is 5.63. The highest BCUT2D eigenvalue weighted by Gasteiger charge is 2.39. The maximum absolute atomic E-state index is 12.7. The van der Waals surface area contributed by atoms with Gasteiger partial charge in [0, 0.05) is 19.3 Å². The Hall–Kier alpha value is -2.32. The molecule has 0 fully saturated rings. The number of nitrogens with zero attached hydrogens (tertiary/aromatic N) is 5. The zero-order valence-corrected chi connectivity index (χ0v) is 10.3. The fourth-order valence-corrected chi connectivity index (χ4v) is 2.25. The summed E-state index contributed by atoms with van der Waals surface area (Å²) in [5, 5.41) is 6.85. The van der Waals surface area contributed by atoms with Crippen molar-refractivity contribution in [1.82, 2.24) is 19.7 Å². The Morgan fingerprint density at radius 3 is 2.70 bits per heavy atom. The third-order valence-corrected chi connectivity index (χ3v) is 3.16. The molecule has 1 aliphatic rings. The van der Waals surface area contributed by atoms with Crippen molar-refractivity contribution in [3.8, 4) is 0 Å². The van der Waals surface area contributed by atoms with Crippen LogP contribution in [0.2, 0.25) is 0 Å². The first-order chi connectivity index (χ1) is 9.47. The van der Waals surface area contributed by atoms with E-state index < -0.39 is 12.0 Å². The second kappa shape index (κ2) is 4.36. The molecule has 9 heteroatoms. The van der Waals surface area contributed by atoms with Gasteiger partial charge < -0.3 is 15.2 Å². The van der Waals surface area contributed by atoms with Crippen molar-refractivity contribution in [3.63, 3.8) is 0 Å². The van der Waals surface area contributed by atoms with E-state index in [1.807, 2.05) is 4.90 Å². The second-order valence-electron chi connectivity index (χ2n) is 4.42. The smallest absolute Gasteiger partial charge is 0.382 e. The van der Waals surface area contributed by atoms with Crippen molar-refractivity contribution in [2.45, 2.75) is 19.3 Å². The van der Waals surface area contributed by atoms with Crippen LogP contribution in [0, 0.1) is 0 Å². The molecule has 0 atom stereocenters. The van der Waals surface area contributed by atoms with Crippen molar-refractivity contribution < 1.29 is 13.2 Å². The van der Waals surface area contributed by atoms with Gasteiger partial charge >= 0.3 is 6.18 Å². The van der Waals surface area contributed by atoms with Crippen LogP contribution in [-0.2, 0) is 19.3 Å². The van der Waals surface area contributed by atoms with Crippen molar-refractivity contribution in [3.05, 3.63) is 30.0 Å². The Kier molecular flexibility index (Phi) is 2.77.